The Labute approximate surface area is 168 Å². The fourth-order valence-corrected chi connectivity index (χ4v) is 2.55. The Morgan fingerprint density at radius 3 is 2.00 bits per heavy atom. The Morgan fingerprint density at radius 2 is 1.57 bits per heavy atom. The van der Waals surface area contributed by atoms with Gasteiger partial charge in [-0.05, 0) is 43.5 Å². The first-order chi connectivity index (χ1) is 13.0. The van der Waals surface area contributed by atoms with Crippen LogP contribution in [0.1, 0.15) is 27.2 Å². The molecular formula is C18H20BrF4N3O2. The highest BCUT2D eigenvalue weighted by atomic mass is 79.9. The van der Waals surface area contributed by atoms with Gasteiger partial charge in [-0.3, -0.25) is 5.32 Å². The maximum absolute atomic E-state index is 13.2. The molecule has 1 atom stereocenters. The SMILES string of the molecule is CC(C)C[C@H](C)Nc1c(F)c(F)nc(F)c1F.O=C(O)Nc1ccc(Br)cc1. The number of benzene rings is 1. The first-order valence-electron chi connectivity index (χ1n) is 8.23. The highest BCUT2D eigenvalue weighted by molar-refractivity contribution is 9.10. The summed E-state index contributed by atoms with van der Waals surface area (Å²) in [7, 11) is 0. The topological polar surface area (TPSA) is 74.2 Å². The van der Waals surface area contributed by atoms with Crippen LogP contribution in [0.4, 0.5) is 33.7 Å². The highest BCUT2D eigenvalue weighted by Crippen LogP contribution is 2.23. The first-order valence-corrected chi connectivity index (χ1v) is 9.02. The van der Waals surface area contributed by atoms with E-state index in [0.29, 0.717) is 18.0 Å². The second-order valence-electron chi connectivity index (χ2n) is 6.31. The lowest BCUT2D eigenvalue weighted by molar-refractivity contribution is 0.209. The number of carboxylic acid groups (broad SMARTS) is 1. The molecular weight excluding hydrogens is 446 g/mol. The smallest absolute Gasteiger partial charge is 0.409 e. The number of nitrogens with zero attached hydrogens (tertiary/aromatic N) is 1. The van der Waals surface area contributed by atoms with Crippen molar-refractivity contribution in [2.24, 2.45) is 5.92 Å². The zero-order valence-electron chi connectivity index (χ0n) is 15.4. The molecule has 2 aromatic rings. The molecule has 3 N–H and O–H groups in total. The van der Waals surface area contributed by atoms with E-state index in [0.717, 1.165) is 4.47 Å². The molecule has 10 heteroatoms. The number of hydrogen-bond donors (Lipinski definition) is 3. The van der Waals surface area contributed by atoms with Crippen LogP contribution >= 0.6 is 15.9 Å². The van der Waals surface area contributed by atoms with E-state index >= 15 is 0 Å². The number of amides is 1. The van der Waals surface area contributed by atoms with Crippen molar-refractivity contribution in [2.75, 3.05) is 10.6 Å². The van der Waals surface area contributed by atoms with Crippen LogP contribution < -0.4 is 10.6 Å². The summed E-state index contributed by atoms with van der Waals surface area (Å²) in [5.74, 6) is -6.01. The number of pyridine rings is 1. The van der Waals surface area contributed by atoms with Gasteiger partial charge in [0.15, 0.2) is 0 Å². The number of halogens is 5. The number of rotatable bonds is 5. The quantitative estimate of drug-likeness (QED) is 0.372. The molecule has 0 bridgehead atoms. The minimum absolute atomic E-state index is 0.292. The minimum atomic E-state index is -1.65. The molecule has 0 aliphatic rings. The molecule has 28 heavy (non-hydrogen) atoms. The lowest BCUT2D eigenvalue weighted by Gasteiger charge is -2.18. The number of nitrogens with one attached hydrogen (secondary N) is 2. The fourth-order valence-electron chi connectivity index (χ4n) is 2.28. The third-order valence-corrected chi connectivity index (χ3v) is 3.84. The molecule has 0 fully saturated rings. The maximum Gasteiger partial charge on any atom is 0.409 e. The van der Waals surface area contributed by atoms with Crippen LogP contribution in [0.25, 0.3) is 0 Å². The van der Waals surface area contributed by atoms with Gasteiger partial charge in [-0.15, -0.1) is 0 Å². The Hall–Kier alpha value is -2.36. The molecule has 0 unspecified atom stereocenters. The van der Waals surface area contributed by atoms with Crippen LogP contribution in [0, 0.1) is 29.4 Å². The summed E-state index contributed by atoms with van der Waals surface area (Å²) in [5.41, 5.74) is -0.233. The van der Waals surface area contributed by atoms with Crippen molar-refractivity contribution in [1.82, 2.24) is 4.98 Å². The molecule has 1 aromatic carbocycles. The monoisotopic (exact) mass is 465 g/mol. The van der Waals surface area contributed by atoms with Crippen molar-refractivity contribution < 1.29 is 27.5 Å². The summed E-state index contributed by atoms with van der Waals surface area (Å²) >= 11 is 3.24. The third-order valence-electron chi connectivity index (χ3n) is 3.31. The van der Waals surface area contributed by atoms with Crippen LogP contribution in [-0.4, -0.2) is 22.2 Å². The lowest BCUT2D eigenvalue weighted by atomic mass is 10.1. The largest absolute Gasteiger partial charge is 0.465 e. The highest BCUT2D eigenvalue weighted by Gasteiger charge is 2.21. The molecule has 1 aromatic heterocycles. The normalized spacial score (nSPS) is 11.5. The average Bonchev–Trinajstić information content (AvgIpc) is 2.58. The van der Waals surface area contributed by atoms with Gasteiger partial charge in [-0.2, -0.15) is 22.5 Å². The predicted octanol–water partition coefficient (Wildman–Crippen LogP) is 6.02. The van der Waals surface area contributed by atoms with Crippen LogP contribution in [0.3, 0.4) is 0 Å². The zero-order chi connectivity index (χ0) is 21.4. The molecule has 154 valence electrons. The van der Waals surface area contributed by atoms with Gasteiger partial charge >= 0.3 is 6.09 Å². The van der Waals surface area contributed by atoms with Crippen molar-refractivity contribution in [3.8, 4) is 0 Å². The van der Waals surface area contributed by atoms with E-state index in [2.05, 4.69) is 31.5 Å². The van der Waals surface area contributed by atoms with Gasteiger partial charge in [0.05, 0.1) is 0 Å². The van der Waals surface area contributed by atoms with Crippen molar-refractivity contribution in [1.29, 1.82) is 0 Å². The van der Waals surface area contributed by atoms with E-state index in [1.807, 2.05) is 13.8 Å². The molecule has 1 heterocycles. The van der Waals surface area contributed by atoms with E-state index in [1.165, 1.54) is 0 Å². The Kier molecular flexibility index (Phi) is 9.17. The average molecular weight is 466 g/mol. The van der Waals surface area contributed by atoms with Gasteiger partial charge in [0.2, 0.25) is 11.6 Å². The lowest BCUT2D eigenvalue weighted by Crippen LogP contribution is -2.20. The van der Waals surface area contributed by atoms with E-state index in [-0.39, 0.29) is 6.04 Å². The van der Waals surface area contributed by atoms with Crippen LogP contribution in [0.2, 0.25) is 0 Å². The molecule has 2 rings (SSSR count). The summed E-state index contributed by atoms with van der Waals surface area (Å²) in [6, 6.07) is 6.59. The predicted molar refractivity (Wildman–Crippen MR) is 102 cm³/mol. The van der Waals surface area contributed by atoms with Gasteiger partial charge in [-0.25, -0.2) is 4.79 Å². The van der Waals surface area contributed by atoms with E-state index in [1.54, 1.807) is 31.2 Å². The molecule has 5 nitrogen and oxygen atoms in total. The Morgan fingerprint density at radius 1 is 1.07 bits per heavy atom. The van der Waals surface area contributed by atoms with Crippen molar-refractivity contribution in [3.05, 3.63) is 52.3 Å². The number of anilines is 2. The van der Waals surface area contributed by atoms with Crippen LogP contribution in [0.15, 0.2) is 28.7 Å². The van der Waals surface area contributed by atoms with Gasteiger partial charge in [-0.1, -0.05) is 29.8 Å². The van der Waals surface area contributed by atoms with Crippen LogP contribution in [0.5, 0.6) is 0 Å². The van der Waals surface area contributed by atoms with Crippen molar-refractivity contribution >= 4 is 33.4 Å². The van der Waals surface area contributed by atoms with E-state index in [4.69, 9.17) is 5.11 Å². The summed E-state index contributed by atoms with van der Waals surface area (Å²) in [6.07, 6.45) is -0.433. The first kappa shape index (κ1) is 23.7. The Bertz CT molecular complexity index is 778. The maximum atomic E-state index is 13.2. The molecule has 0 saturated heterocycles. The fraction of sp³-hybridized carbons (Fsp3) is 0.333. The molecule has 1 amide bonds. The van der Waals surface area contributed by atoms with Gasteiger partial charge in [0.1, 0.15) is 5.69 Å². The van der Waals surface area contributed by atoms with Gasteiger partial charge in [0, 0.05) is 16.2 Å². The Balaban J connectivity index is 0.000000307. The summed E-state index contributed by atoms with van der Waals surface area (Å²) < 4.78 is 53.0. The van der Waals surface area contributed by atoms with E-state index in [9.17, 15) is 22.4 Å². The standard InChI is InChI=1S/C11H14F4N2.C7H6BrNO2/c1-5(2)4-6(3)16-9-7(12)10(14)17-11(15)8(9)13;8-5-1-3-6(4-2-5)9-7(10)11/h5-6H,4H2,1-3H3,(H,16,17);1-4,9H,(H,10,11)/t6-;/m0./s1. The van der Waals surface area contributed by atoms with Crippen molar-refractivity contribution in [3.63, 3.8) is 0 Å². The third kappa shape index (κ3) is 7.71. The molecule has 0 spiro atoms. The summed E-state index contributed by atoms with van der Waals surface area (Å²) in [5, 5.41) is 13.0. The molecule has 0 saturated carbocycles. The number of hydrogen-bond acceptors (Lipinski definition) is 3. The van der Waals surface area contributed by atoms with Gasteiger partial charge in [0.25, 0.3) is 11.9 Å². The van der Waals surface area contributed by atoms with Gasteiger partial charge < -0.3 is 10.4 Å². The number of aromatic nitrogens is 1. The zero-order valence-corrected chi connectivity index (χ0v) is 16.9. The second kappa shape index (κ2) is 10.8. The summed E-state index contributed by atoms with van der Waals surface area (Å²) in [4.78, 5) is 12.6. The second-order valence-corrected chi connectivity index (χ2v) is 7.22. The molecule has 0 radical (unpaired) electrons. The van der Waals surface area contributed by atoms with E-state index < -0.39 is 35.3 Å². The number of carbonyl (C=O) groups is 1. The summed E-state index contributed by atoms with van der Waals surface area (Å²) in [6.45, 7) is 5.53. The van der Waals surface area contributed by atoms with Crippen molar-refractivity contribution in [2.45, 2.75) is 33.2 Å². The van der Waals surface area contributed by atoms with Crippen LogP contribution in [-0.2, 0) is 0 Å². The molecule has 0 aliphatic carbocycles. The molecule has 0 aliphatic heterocycles. The minimum Gasteiger partial charge on any atom is -0.465 e.